The van der Waals surface area contributed by atoms with Crippen LogP contribution >= 0.6 is 0 Å². The lowest BCUT2D eigenvalue weighted by Crippen LogP contribution is -2.36. The van der Waals surface area contributed by atoms with Gasteiger partial charge in [-0.3, -0.25) is 14.4 Å². The van der Waals surface area contributed by atoms with Gasteiger partial charge in [0.15, 0.2) is 0 Å². The Bertz CT molecular complexity index is 606. The molecular weight excluding hydrogens is 258 g/mol. The summed E-state index contributed by atoms with van der Waals surface area (Å²) in [7, 11) is 0. The standard InChI is InChI=1S/C14H17N3O3/c1-2-16-4-3-9(6-13(16)19)14(20)17-7-10-5-12(18)15-11(10)8-17/h3-4,6,10-11H,2,5,7-8H2,1H3,(H,15,18)/t10-,11+/m0/s1. The zero-order valence-electron chi connectivity index (χ0n) is 11.3. The summed E-state index contributed by atoms with van der Waals surface area (Å²) in [5, 5.41) is 2.88. The highest BCUT2D eigenvalue weighted by Crippen LogP contribution is 2.26. The Kier molecular flexibility index (Phi) is 3.08. The molecule has 2 aliphatic rings. The van der Waals surface area contributed by atoms with Crippen LogP contribution in [0.2, 0.25) is 0 Å². The van der Waals surface area contributed by atoms with Gasteiger partial charge < -0.3 is 14.8 Å². The second-order valence-electron chi connectivity index (χ2n) is 5.39. The molecule has 2 amide bonds. The second kappa shape index (κ2) is 4.77. The Balaban J connectivity index is 1.76. The van der Waals surface area contributed by atoms with Gasteiger partial charge in [-0.25, -0.2) is 0 Å². The van der Waals surface area contributed by atoms with Gasteiger partial charge in [-0.05, 0) is 13.0 Å². The predicted molar refractivity (Wildman–Crippen MR) is 72.3 cm³/mol. The Morgan fingerprint density at radius 2 is 2.20 bits per heavy atom. The number of nitrogens with zero attached hydrogens (tertiary/aromatic N) is 2. The molecule has 6 heteroatoms. The molecule has 0 unspecified atom stereocenters. The number of carbonyl (C=O) groups is 2. The molecule has 1 aromatic rings. The van der Waals surface area contributed by atoms with Crippen molar-refractivity contribution < 1.29 is 9.59 Å². The second-order valence-corrected chi connectivity index (χ2v) is 5.39. The summed E-state index contributed by atoms with van der Waals surface area (Å²) in [5.74, 6) is 0.147. The number of hydrogen-bond acceptors (Lipinski definition) is 3. The number of nitrogens with one attached hydrogen (secondary N) is 1. The van der Waals surface area contributed by atoms with Crippen molar-refractivity contribution in [2.24, 2.45) is 5.92 Å². The van der Waals surface area contributed by atoms with Gasteiger partial charge in [0.2, 0.25) is 5.91 Å². The molecule has 6 nitrogen and oxygen atoms in total. The van der Waals surface area contributed by atoms with Gasteiger partial charge in [-0.2, -0.15) is 0 Å². The Labute approximate surface area is 116 Å². The lowest BCUT2D eigenvalue weighted by Gasteiger charge is -2.17. The van der Waals surface area contributed by atoms with Crippen LogP contribution in [0.3, 0.4) is 0 Å². The molecule has 0 spiro atoms. The third-order valence-electron chi connectivity index (χ3n) is 4.11. The molecule has 0 bridgehead atoms. The van der Waals surface area contributed by atoms with Crippen LogP contribution < -0.4 is 10.9 Å². The number of aryl methyl sites for hydroxylation is 1. The van der Waals surface area contributed by atoms with Crippen LogP contribution in [0.25, 0.3) is 0 Å². The average molecular weight is 275 g/mol. The van der Waals surface area contributed by atoms with Gasteiger partial charge >= 0.3 is 0 Å². The molecule has 106 valence electrons. The van der Waals surface area contributed by atoms with Crippen LogP contribution in [0.5, 0.6) is 0 Å². The van der Waals surface area contributed by atoms with E-state index in [1.807, 2.05) is 6.92 Å². The minimum Gasteiger partial charge on any atom is -0.351 e. The van der Waals surface area contributed by atoms with Gasteiger partial charge in [0.05, 0.1) is 6.04 Å². The highest BCUT2D eigenvalue weighted by atomic mass is 16.2. The third-order valence-corrected chi connectivity index (χ3v) is 4.11. The van der Waals surface area contributed by atoms with Crippen molar-refractivity contribution in [2.75, 3.05) is 13.1 Å². The van der Waals surface area contributed by atoms with Crippen molar-refractivity contribution >= 4 is 11.8 Å². The molecular formula is C14H17N3O3. The molecule has 20 heavy (non-hydrogen) atoms. The van der Waals surface area contributed by atoms with E-state index in [-0.39, 0.29) is 29.3 Å². The minimum atomic E-state index is -0.161. The zero-order chi connectivity index (χ0) is 14.3. The Morgan fingerprint density at radius 3 is 2.85 bits per heavy atom. The van der Waals surface area contributed by atoms with E-state index in [2.05, 4.69) is 5.32 Å². The number of aromatic nitrogens is 1. The quantitative estimate of drug-likeness (QED) is 0.814. The van der Waals surface area contributed by atoms with E-state index in [1.165, 1.54) is 6.07 Å². The largest absolute Gasteiger partial charge is 0.351 e. The van der Waals surface area contributed by atoms with Crippen LogP contribution in [0.15, 0.2) is 23.1 Å². The molecule has 3 rings (SSSR count). The highest BCUT2D eigenvalue weighted by Gasteiger charge is 2.41. The molecule has 1 aromatic heterocycles. The van der Waals surface area contributed by atoms with Crippen molar-refractivity contribution in [1.82, 2.24) is 14.8 Å². The summed E-state index contributed by atoms with van der Waals surface area (Å²) in [4.78, 5) is 37.1. The molecule has 2 fully saturated rings. The average Bonchev–Trinajstić information content (AvgIpc) is 2.94. The van der Waals surface area contributed by atoms with Crippen LogP contribution in [-0.4, -0.2) is 40.4 Å². The molecule has 0 aromatic carbocycles. The summed E-state index contributed by atoms with van der Waals surface area (Å²) in [6.45, 7) is 3.59. The minimum absolute atomic E-state index is 0.0673. The van der Waals surface area contributed by atoms with Gasteiger partial charge in [0, 0.05) is 49.8 Å². The first-order valence-electron chi connectivity index (χ1n) is 6.87. The van der Waals surface area contributed by atoms with E-state index >= 15 is 0 Å². The van der Waals surface area contributed by atoms with Crippen LogP contribution in [-0.2, 0) is 11.3 Å². The van der Waals surface area contributed by atoms with E-state index in [0.717, 1.165) is 0 Å². The molecule has 0 radical (unpaired) electrons. The summed E-state index contributed by atoms with van der Waals surface area (Å²) in [6, 6.07) is 3.14. The van der Waals surface area contributed by atoms with Crippen LogP contribution in [0.1, 0.15) is 23.7 Å². The molecule has 2 saturated heterocycles. The lowest BCUT2D eigenvalue weighted by atomic mass is 10.1. The number of rotatable bonds is 2. The fourth-order valence-electron chi connectivity index (χ4n) is 3.00. The molecule has 0 saturated carbocycles. The maximum Gasteiger partial charge on any atom is 0.254 e. The van der Waals surface area contributed by atoms with Gasteiger partial charge in [0.1, 0.15) is 0 Å². The van der Waals surface area contributed by atoms with Crippen LogP contribution in [0, 0.1) is 5.92 Å². The zero-order valence-corrected chi connectivity index (χ0v) is 11.3. The summed E-state index contributed by atoms with van der Waals surface area (Å²) in [6.07, 6.45) is 2.14. The van der Waals surface area contributed by atoms with Gasteiger partial charge in [-0.1, -0.05) is 0 Å². The number of carbonyl (C=O) groups excluding carboxylic acids is 2. The van der Waals surface area contributed by atoms with Crippen LogP contribution in [0.4, 0.5) is 0 Å². The smallest absolute Gasteiger partial charge is 0.254 e. The van der Waals surface area contributed by atoms with Crippen molar-refractivity contribution in [3.05, 3.63) is 34.2 Å². The normalized spacial score (nSPS) is 24.6. The first-order chi connectivity index (χ1) is 9.58. The van der Waals surface area contributed by atoms with Crippen molar-refractivity contribution in [3.8, 4) is 0 Å². The molecule has 1 N–H and O–H groups in total. The Hall–Kier alpha value is -2.11. The predicted octanol–water partition coefficient (Wildman–Crippen LogP) is -0.171. The monoisotopic (exact) mass is 275 g/mol. The van der Waals surface area contributed by atoms with E-state index in [4.69, 9.17) is 0 Å². The Morgan fingerprint density at radius 1 is 1.40 bits per heavy atom. The fourth-order valence-corrected chi connectivity index (χ4v) is 3.00. The number of amides is 2. The topological polar surface area (TPSA) is 71.4 Å². The number of fused-ring (bicyclic) bond motifs is 1. The van der Waals surface area contributed by atoms with Crippen molar-refractivity contribution in [3.63, 3.8) is 0 Å². The highest BCUT2D eigenvalue weighted by molar-refractivity contribution is 5.94. The maximum atomic E-state index is 12.4. The van der Waals surface area contributed by atoms with E-state index in [1.54, 1.807) is 21.7 Å². The molecule has 0 aliphatic carbocycles. The van der Waals surface area contributed by atoms with E-state index in [9.17, 15) is 14.4 Å². The molecule has 3 heterocycles. The van der Waals surface area contributed by atoms with Gasteiger partial charge in [-0.15, -0.1) is 0 Å². The number of pyridine rings is 1. The summed E-state index contributed by atoms with van der Waals surface area (Å²) >= 11 is 0. The SMILES string of the molecule is CCn1ccc(C(=O)N2C[C@@H]3CC(=O)N[C@@H]3C2)cc1=O. The van der Waals surface area contributed by atoms with E-state index in [0.29, 0.717) is 31.6 Å². The first kappa shape index (κ1) is 12.9. The first-order valence-corrected chi connectivity index (χ1v) is 6.87. The number of likely N-dealkylation sites (tertiary alicyclic amines) is 1. The summed E-state index contributed by atoms with van der Waals surface area (Å²) < 4.78 is 1.55. The van der Waals surface area contributed by atoms with Crippen molar-refractivity contribution in [2.45, 2.75) is 25.9 Å². The van der Waals surface area contributed by atoms with Gasteiger partial charge in [0.25, 0.3) is 11.5 Å². The molecule has 2 atom stereocenters. The summed E-state index contributed by atoms with van der Waals surface area (Å²) in [5.41, 5.74) is 0.261. The lowest BCUT2D eigenvalue weighted by molar-refractivity contribution is -0.119. The van der Waals surface area contributed by atoms with Crippen molar-refractivity contribution in [1.29, 1.82) is 0 Å². The number of hydrogen-bond donors (Lipinski definition) is 1. The fraction of sp³-hybridized carbons (Fsp3) is 0.500. The van der Waals surface area contributed by atoms with E-state index < -0.39 is 0 Å². The maximum absolute atomic E-state index is 12.4. The molecule has 2 aliphatic heterocycles. The third kappa shape index (κ3) is 2.11.